The molecule has 0 fully saturated rings. The number of hydrogen-bond donors (Lipinski definition) is 9. The SMILES string of the molecule is O=C(/C=C/c1ccc(O)c2c1[C@H](C(=O)O[C@H](Cc1ccc(O)c(O)c1)C(=O)O)[C@@H](c1ccc(O)c(O)c1)O2)O[C@H](Cc1ccc(O)c(O)c1)OCO. The summed E-state index contributed by atoms with van der Waals surface area (Å²) in [5.41, 5.74) is 0.760. The molecule has 1 aliphatic heterocycles. The molecule has 16 nitrogen and oxygen atoms in total. The fourth-order valence-electron chi connectivity index (χ4n) is 5.49. The number of aliphatic hydroxyl groups excluding tert-OH is 1. The van der Waals surface area contributed by atoms with Crippen molar-refractivity contribution in [3.63, 3.8) is 0 Å². The first-order valence-electron chi connectivity index (χ1n) is 15.4. The number of aliphatic carboxylic acids is 1. The average molecular weight is 721 g/mol. The zero-order chi connectivity index (χ0) is 37.7. The van der Waals surface area contributed by atoms with Gasteiger partial charge in [0.15, 0.2) is 46.0 Å². The van der Waals surface area contributed by atoms with Gasteiger partial charge in [0.25, 0.3) is 0 Å². The number of esters is 2. The van der Waals surface area contributed by atoms with Gasteiger partial charge in [0, 0.05) is 24.5 Å². The molecule has 0 unspecified atom stereocenters. The third kappa shape index (κ3) is 8.20. The lowest BCUT2D eigenvalue weighted by molar-refractivity contribution is -0.189. The van der Waals surface area contributed by atoms with Crippen LogP contribution in [0.2, 0.25) is 0 Å². The summed E-state index contributed by atoms with van der Waals surface area (Å²) in [7, 11) is 0. The van der Waals surface area contributed by atoms with Crippen molar-refractivity contribution >= 4 is 24.0 Å². The number of phenolic OH excluding ortho intramolecular Hbond substituents is 7. The molecule has 1 heterocycles. The number of carboxylic acid groups (broad SMARTS) is 1. The molecule has 4 atom stereocenters. The van der Waals surface area contributed by atoms with Crippen molar-refractivity contribution in [2.24, 2.45) is 0 Å². The summed E-state index contributed by atoms with van der Waals surface area (Å²) < 4.78 is 21.8. The molecular weight excluding hydrogens is 688 g/mol. The van der Waals surface area contributed by atoms with Crippen LogP contribution in [0.25, 0.3) is 6.08 Å². The number of aliphatic hydroxyl groups is 1. The van der Waals surface area contributed by atoms with Gasteiger partial charge in [-0.3, -0.25) is 4.79 Å². The van der Waals surface area contributed by atoms with Crippen molar-refractivity contribution in [3.05, 3.63) is 101 Å². The van der Waals surface area contributed by atoms with E-state index >= 15 is 0 Å². The Morgan fingerprint density at radius 1 is 0.712 bits per heavy atom. The largest absolute Gasteiger partial charge is 0.504 e. The summed E-state index contributed by atoms with van der Waals surface area (Å²) in [6, 6.07) is 13.5. The predicted molar refractivity (Wildman–Crippen MR) is 176 cm³/mol. The van der Waals surface area contributed by atoms with Crippen LogP contribution < -0.4 is 4.74 Å². The van der Waals surface area contributed by atoms with E-state index in [1.54, 1.807) is 0 Å². The molecule has 0 saturated heterocycles. The highest BCUT2D eigenvalue weighted by atomic mass is 16.7. The van der Waals surface area contributed by atoms with Gasteiger partial charge in [-0.1, -0.05) is 24.3 Å². The van der Waals surface area contributed by atoms with Crippen molar-refractivity contribution < 1.29 is 79.3 Å². The molecule has 0 radical (unpaired) electrons. The van der Waals surface area contributed by atoms with E-state index in [9.17, 15) is 60.3 Å². The van der Waals surface area contributed by atoms with Crippen LogP contribution in [-0.2, 0) is 41.4 Å². The number of carbonyl (C=O) groups excluding carboxylic acids is 2. The average Bonchev–Trinajstić information content (AvgIpc) is 3.51. The van der Waals surface area contributed by atoms with Crippen molar-refractivity contribution in [2.75, 3.05) is 6.79 Å². The van der Waals surface area contributed by atoms with Crippen molar-refractivity contribution in [1.29, 1.82) is 0 Å². The second-order valence-corrected chi connectivity index (χ2v) is 11.5. The van der Waals surface area contributed by atoms with Crippen LogP contribution in [0.15, 0.2) is 72.8 Å². The first-order chi connectivity index (χ1) is 24.7. The minimum atomic E-state index is -1.82. The topological polar surface area (TPSA) is 270 Å². The van der Waals surface area contributed by atoms with E-state index in [4.69, 9.17) is 18.9 Å². The number of benzene rings is 4. The Balaban J connectivity index is 1.46. The lowest BCUT2D eigenvalue weighted by atomic mass is 9.87. The van der Waals surface area contributed by atoms with Gasteiger partial charge in [0.05, 0.1) is 0 Å². The molecule has 16 heteroatoms. The highest BCUT2D eigenvalue weighted by Gasteiger charge is 2.46. The summed E-state index contributed by atoms with van der Waals surface area (Å²) in [6.45, 7) is -0.836. The first-order valence-corrected chi connectivity index (χ1v) is 15.4. The molecule has 0 aromatic heterocycles. The maximum Gasteiger partial charge on any atom is 0.345 e. The molecule has 4 aromatic carbocycles. The molecule has 1 aliphatic rings. The fourth-order valence-corrected chi connectivity index (χ4v) is 5.49. The van der Waals surface area contributed by atoms with Crippen LogP contribution in [0.3, 0.4) is 0 Å². The molecule has 9 N–H and O–H groups in total. The number of fused-ring (bicyclic) bond motifs is 1. The number of ether oxygens (including phenoxy) is 4. The minimum Gasteiger partial charge on any atom is -0.504 e. The lowest BCUT2D eigenvalue weighted by Crippen LogP contribution is -2.32. The van der Waals surface area contributed by atoms with Gasteiger partial charge >= 0.3 is 17.9 Å². The minimum absolute atomic E-state index is 0.0410. The first kappa shape index (κ1) is 36.6. The number of carbonyl (C=O) groups is 3. The van der Waals surface area contributed by atoms with Gasteiger partial charge in [0.2, 0.25) is 12.4 Å². The number of rotatable bonds is 13. The van der Waals surface area contributed by atoms with Crippen LogP contribution in [0.1, 0.15) is 39.8 Å². The summed E-state index contributed by atoms with van der Waals surface area (Å²) >= 11 is 0. The van der Waals surface area contributed by atoms with Crippen molar-refractivity contribution in [2.45, 2.75) is 37.3 Å². The van der Waals surface area contributed by atoms with Crippen LogP contribution in [-0.4, -0.2) is 83.1 Å². The quantitative estimate of drug-likeness (QED) is 0.0415. The van der Waals surface area contributed by atoms with Gasteiger partial charge in [-0.15, -0.1) is 0 Å². The van der Waals surface area contributed by atoms with Crippen LogP contribution >= 0.6 is 0 Å². The van der Waals surface area contributed by atoms with Crippen LogP contribution in [0.4, 0.5) is 0 Å². The second kappa shape index (κ2) is 15.5. The van der Waals surface area contributed by atoms with E-state index in [1.807, 2.05) is 0 Å². The Kier molecular flexibility index (Phi) is 10.9. The van der Waals surface area contributed by atoms with E-state index < -0.39 is 90.0 Å². The van der Waals surface area contributed by atoms with E-state index in [2.05, 4.69) is 0 Å². The van der Waals surface area contributed by atoms with E-state index in [-0.39, 0.29) is 40.2 Å². The Hall–Kier alpha value is -6.65. The van der Waals surface area contributed by atoms with Gasteiger partial charge in [-0.05, 0) is 70.8 Å². The number of carboxylic acids is 1. The Morgan fingerprint density at radius 3 is 1.87 bits per heavy atom. The second-order valence-electron chi connectivity index (χ2n) is 11.5. The standard InChI is InChI=1S/C36H32O16/c37-16-49-30(14-18-2-7-22(39)26(43)12-18)51-29(45)10-5-19-3-9-24(41)34-31(19)32(33(52-34)20-4-8-23(40)27(44)15-20)36(48)50-28(35(46)47)13-17-1-6-21(38)25(42)11-17/h1-12,15,28,30,32-33,37-44H,13-14,16H2,(H,46,47)/b10-5+/t28-,30-,32+,33-/m1/s1. The third-order valence-corrected chi connectivity index (χ3v) is 7.99. The van der Waals surface area contributed by atoms with Crippen LogP contribution in [0.5, 0.6) is 46.0 Å². The van der Waals surface area contributed by atoms with Gasteiger partial charge in [-0.25, -0.2) is 9.59 Å². The summed E-state index contributed by atoms with van der Waals surface area (Å²) in [5.74, 6) is -8.79. The Labute approximate surface area is 293 Å². The smallest absolute Gasteiger partial charge is 0.345 e. The predicted octanol–water partition coefficient (Wildman–Crippen LogP) is 3.17. The van der Waals surface area contributed by atoms with Crippen molar-refractivity contribution in [3.8, 4) is 46.0 Å². The summed E-state index contributed by atoms with van der Waals surface area (Å²) in [5, 5.41) is 88.9. The number of aromatic hydroxyl groups is 7. The summed E-state index contributed by atoms with van der Waals surface area (Å²) in [4.78, 5) is 39.1. The zero-order valence-electron chi connectivity index (χ0n) is 26.8. The fraction of sp³-hybridized carbons (Fsp3) is 0.194. The van der Waals surface area contributed by atoms with Crippen LogP contribution in [0, 0.1) is 0 Å². The van der Waals surface area contributed by atoms with Crippen molar-refractivity contribution in [1.82, 2.24) is 0 Å². The normalized spacial score (nSPS) is 16.1. The Morgan fingerprint density at radius 2 is 1.29 bits per heavy atom. The Bertz CT molecular complexity index is 2020. The molecule has 4 aromatic rings. The third-order valence-electron chi connectivity index (χ3n) is 7.99. The molecular formula is C36H32O16. The van der Waals surface area contributed by atoms with E-state index in [0.29, 0.717) is 5.56 Å². The molecule has 0 spiro atoms. The molecule has 5 rings (SSSR count). The molecule has 52 heavy (non-hydrogen) atoms. The van der Waals surface area contributed by atoms with Gasteiger partial charge in [-0.2, -0.15) is 0 Å². The maximum atomic E-state index is 14.0. The highest BCUT2D eigenvalue weighted by molar-refractivity contribution is 5.90. The number of phenols is 7. The molecule has 0 bridgehead atoms. The van der Waals surface area contributed by atoms with Gasteiger partial charge < -0.3 is 64.9 Å². The molecule has 0 aliphatic carbocycles. The highest BCUT2D eigenvalue weighted by Crippen LogP contribution is 2.53. The van der Waals surface area contributed by atoms with Gasteiger partial charge in [0.1, 0.15) is 18.8 Å². The summed E-state index contributed by atoms with van der Waals surface area (Å²) in [6.07, 6.45) is -2.96. The van der Waals surface area contributed by atoms with E-state index in [1.165, 1.54) is 48.5 Å². The monoisotopic (exact) mass is 720 g/mol. The molecule has 0 amide bonds. The molecule has 0 saturated carbocycles. The zero-order valence-corrected chi connectivity index (χ0v) is 26.8. The maximum absolute atomic E-state index is 14.0. The molecule has 272 valence electrons. The van der Waals surface area contributed by atoms with E-state index in [0.717, 1.165) is 30.3 Å². The lowest BCUT2D eigenvalue weighted by Gasteiger charge is -2.22. The number of hydrogen-bond acceptors (Lipinski definition) is 15.